The summed E-state index contributed by atoms with van der Waals surface area (Å²) in [7, 11) is 1.33. The van der Waals surface area contributed by atoms with Crippen LogP contribution in [-0.2, 0) is 16.6 Å². The maximum absolute atomic E-state index is 15.7. The first-order valence-corrected chi connectivity index (χ1v) is 7.05. The van der Waals surface area contributed by atoms with Crippen LogP contribution in [0.1, 0.15) is 22.3 Å². The number of nitrogens with one attached hydrogen (secondary N) is 1. The van der Waals surface area contributed by atoms with Crippen molar-refractivity contribution >= 4 is 11.6 Å². The standard InChI is InChI=1S/C17H13F4NO2/c1-9-3-6-14(24-2)12(7-9)16(18)11-5-4-10(17(19,20)21)8-13(11)22-15(16)23/h3-8H,1-2H3,(H,22,23). The van der Waals surface area contributed by atoms with E-state index in [0.717, 1.165) is 18.2 Å². The normalized spacial score (nSPS) is 19.8. The Labute approximate surface area is 135 Å². The molecule has 0 saturated heterocycles. The van der Waals surface area contributed by atoms with Crippen molar-refractivity contribution in [1.29, 1.82) is 0 Å². The third-order valence-electron chi connectivity index (χ3n) is 4.01. The molecule has 0 saturated carbocycles. The predicted molar refractivity (Wildman–Crippen MR) is 79.7 cm³/mol. The SMILES string of the molecule is COc1ccc(C)cc1C1(F)C(=O)Nc2cc(C(F)(F)F)ccc21. The van der Waals surface area contributed by atoms with E-state index in [-0.39, 0.29) is 22.6 Å². The van der Waals surface area contributed by atoms with Gasteiger partial charge >= 0.3 is 6.18 Å². The number of hydrogen-bond acceptors (Lipinski definition) is 2. The molecule has 0 aliphatic carbocycles. The Kier molecular flexibility index (Phi) is 3.55. The second kappa shape index (κ2) is 5.22. The molecule has 1 aliphatic rings. The zero-order valence-electron chi connectivity index (χ0n) is 12.8. The number of anilines is 1. The largest absolute Gasteiger partial charge is 0.496 e. The fraction of sp³-hybridized carbons (Fsp3) is 0.235. The number of aryl methyl sites for hydroxylation is 1. The first-order chi connectivity index (χ1) is 11.2. The molecule has 3 rings (SSSR count). The molecule has 2 aromatic carbocycles. The summed E-state index contributed by atoms with van der Waals surface area (Å²) in [6.45, 7) is 1.72. The van der Waals surface area contributed by atoms with Crippen molar-refractivity contribution < 1.29 is 27.1 Å². The molecule has 7 heteroatoms. The van der Waals surface area contributed by atoms with Crippen molar-refractivity contribution in [1.82, 2.24) is 0 Å². The van der Waals surface area contributed by atoms with E-state index in [1.807, 2.05) is 0 Å². The minimum Gasteiger partial charge on any atom is -0.496 e. The number of rotatable bonds is 2. The first kappa shape index (κ1) is 16.3. The summed E-state index contributed by atoms with van der Waals surface area (Å²) in [5.41, 5.74) is -3.28. The van der Waals surface area contributed by atoms with Gasteiger partial charge < -0.3 is 10.1 Å². The third-order valence-corrected chi connectivity index (χ3v) is 4.01. The van der Waals surface area contributed by atoms with Gasteiger partial charge in [-0.05, 0) is 31.2 Å². The minimum atomic E-state index is -4.58. The molecule has 0 radical (unpaired) electrons. The summed E-state index contributed by atoms with van der Waals surface area (Å²) in [5, 5.41) is 2.20. The Bertz CT molecular complexity index is 832. The summed E-state index contributed by atoms with van der Waals surface area (Å²) in [5.74, 6) is -0.897. The lowest BCUT2D eigenvalue weighted by Gasteiger charge is -2.21. The molecule has 3 nitrogen and oxygen atoms in total. The molecular formula is C17H13F4NO2. The molecule has 2 aromatic rings. The van der Waals surface area contributed by atoms with Gasteiger partial charge in [0, 0.05) is 16.8 Å². The summed E-state index contributed by atoms with van der Waals surface area (Å²) >= 11 is 0. The van der Waals surface area contributed by atoms with Crippen LogP contribution in [0.25, 0.3) is 0 Å². The Hall–Kier alpha value is -2.57. The van der Waals surface area contributed by atoms with Crippen LogP contribution in [0.3, 0.4) is 0 Å². The molecule has 0 fully saturated rings. The lowest BCUT2D eigenvalue weighted by Crippen LogP contribution is -2.31. The second-order valence-corrected chi connectivity index (χ2v) is 5.57. The molecule has 0 spiro atoms. The highest BCUT2D eigenvalue weighted by Crippen LogP contribution is 2.48. The van der Waals surface area contributed by atoms with Crippen LogP contribution in [0.5, 0.6) is 5.75 Å². The van der Waals surface area contributed by atoms with Gasteiger partial charge in [-0.15, -0.1) is 0 Å². The highest BCUT2D eigenvalue weighted by atomic mass is 19.4. The molecule has 1 amide bonds. The summed E-state index contributed by atoms with van der Waals surface area (Å²) in [6.07, 6.45) is -4.58. The van der Waals surface area contributed by atoms with Crippen molar-refractivity contribution in [3.8, 4) is 5.75 Å². The van der Waals surface area contributed by atoms with E-state index in [0.29, 0.717) is 5.56 Å². The molecular weight excluding hydrogens is 326 g/mol. The number of alkyl halides is 4. The fourth-order valence-corrected chi connectivity index (χ4v) is 2.81. The predicted octanol–water partition coefficient (Wildman–Crippen LogP) is 4.19. The van der Waals surface area contributed by atoms with Crippen molar-refractivity contribution in [3.05, 3.63) is 58.7 Å². The number of halogens is 4. The van der Waals surface area contributed by atoms with Gasteiger partial charge in [-0.2, -0.15) is 13.2 Å². The van der Waals surface area contributed by atoms with Crippen molar-refractivity contribution in [2.75, 3.05) is 12.4 Å². The lowest BCUT2D eigenvalue weighted by molar-refractivity contribution is -0.137. The van der Waals surface area contributed by atoms with E-state index >= 15 is 4.39 Å². The number of benzene rings is 2. The minimum absolute atomic E-state index is 0.0407. The highest BCUT2D eigenvalue weighted by molar-refractivity contribution is 6.07. The van der Waals surface area contributed by atoms with Gasteiger partial charge in [0.15, 0.2) is 0 Å². The molecule has 126 valence electrons. The van der Waals surface area contributed by atoms with Gasteiger partial charge in [-0.1, -0.05) is 17.7 Å². The van der Waals surface area contributed by atoms with Crippen LogP contribution >= 0.6 is 0 Å². The molecule has 1 atom stereocenters. The summed E-state index contributed by atoms with van der Waals surface area (Å²) in [4.78, 5) is 12.3. The molecule has 0 bridgehead atoms. The topological polar surface area (TPSA) is 38.3 Å². The van der Waals surface area contributed by atoms with E-state index < -0.39 is 23.3 Å². The fourth-order valence-electron chi connectivity index (χ4n) is 2.81. The molecule has 24 heavy (non-hydrogen) atoms. The van der Waals surface area contributed by atoms with Gasteiger partial charge in [0.2, 0.25) is 5.67 Å². The average Bonchev–Trinajstić information content (AvgIpc) is 2.78. The second-order valence-electron chi connectivity index (χ2n) is 5.57. The number of fused-ring (bicyclic) bond motifs is 1. The molecule has 1 heterocycles. The van der Waals surface area contributed by atoms with Crippen molar-refractivity contribution in [2.24, 2.45) is 0 Å². The van der Waals surface area contributed by atoms with E-state index in [4.69, 9.17) is 4.74 Å². The number of hydrogen-bond donors (Lipinski definition) is 1. The number of ether oxygens (including phenoxy) is 1. The number of amides is 1. The third kappa shape index (κ3) is 2.31. The van der Waals surface area contributed by atoms with Gasteiger partial charge in [0.05, 0.1) is 12.7 Å². The Morgan fingerprint density at radius 2 is 1.79 bits per heavy atom. The number of methoxy groups -OCH3 is 1. The zero-order chi connectivity index (χ0) is 17.7. The summed E-state index contributed by atoms with van der Waals surface area (Å²) in [6, 6.07) is 7.13. The Morgan fingerprint density at radius 3 is 2.42 bits per heavy atom. The van der Waals surface area contributed by atoms with Gasteiger partial charge in [-0.25, -0.2) is 4.39 Å². The van der Waals surface area contributed by atoms with Gasteiger partial charge in [0.25, 0.3) is 5.91 Å². The van der Waals surface area contributed by atoms with Crippen LogP contribution < -0.4 is 10.1 Å². The zero-order valence-corrected chi connectivity index (χ0v) is 12.8. The van der Waals surface area contributed by atoms with Crippen molar-refractivity contribution in [2.45, 2.75) is 18.8 Å². The van der Waals surface area contributed by atoms with Crippen LogP contribution in [0.15, 0.2) is 36.4 Å². The van der Waals surface area contributed by atoms with Crippen LogP contribution in [0, 0.1) is 6.92 Å². The van der Waals surface area contributed by atoms with Crippen LogP contribution in [0.4, 0.5) is 23.2 Å². The molecule has 1 unspecified atom stereocenters. The highest BCUT2D eigenvalue weighted by Gasteiger charge is 2.51. The van der Waals surface area contributed by atoms with Crippen molar-refractivity contribution in [3.63, 3.8) is 0 Å². The van der Waals surface area contributed by atoms with E-state index in [1.54, 1.807) is 13.0 Å². The molecule has 1 N–H and O–H groups in total. The number of carbonyl (C=O) groups excluding carboxylic acids is 1. The average molecular weight is 339 g/mol. The van der Waals surface area contributed by atoms with Gasteiger partial charge in [0.1, 0.15) is 5.75 Å². The number of carbonyl (C=O) groups is 1. The first-order valence-electron chi connectivity index (χ1n) is 7.05. The smallest absolute Gasteiger partial charge is 0.416 e. The quantitative estimate of drug-likeness (QED) is 0.834. The van der Waals surface area contributed by atoms with E-state index in [1.165, 1.54) is 19.2 Å². The Balaban J connectivity index is 2.21. The maximum atomic E-state index is 15.7. The molecule has 1 aliphatic heterocycles. The lowest BCUT2D eigenvalue weighted by atomic mass is 9.87. The van der Waals surface area contributed by atoms with Gasteiger partial charge in [-0.3, -0.25) is 4.79 Å². The van der Waals surface area contributed by atoms with Crippen LogP contribution in [-0.4, -0.2) is 13.0 Å². The van der Waals surface area contributed by atoms with E-state index in [9.17, 15) is 18.0 Å². The molecule has 0 aromatic heterocycles. The van der Waals surface area contributed by atoms with E-state index in [2.05, 4.69) is 5.32 Å². The van der Waals surface area contributed by atoms with Crippen LogP contribution in [0.2, 0.25) is 0 Å². The maximum Gasteiger partial charge on any atom is 0.416 e. The monoisotopic (exact) mass is 339 g/mol. The Morgan fingerprint density at radius 1 is 1.08 bits per heavy atom. The summed E-state index contributed by atoms with van der Waals surface area (Å²) < 4.78 is 59.3.